The smallest absolute Gasteiger partial charge is 0.342 e. The quantitative estimate of drug-likeness (QED) is 0.801. The molecule has 13 heavy (non-hydrogen) atoms. The van der Waals surface area contributed by atoms with E-state index >= 15 is 0 Å². The van der Waals surface area contributed by atoms with E-state index in [0.29, 0.717) is 10.2 Å². The number of carbonyl (C=O) groups is 1. The number of hydrogen-bond donors (Lipinski definition) is 1. The summed E-state index contributed by atoms with van der Waals surface area (Å²) in [6.45, 7) is 1.91. The molecule has 0 saturated carbocycles. The van der Waals surface area contributed by atoms with E-state index in [9.17, 15) is 4.79 Å². The van der Waals surface area contributed by atoms with Crippen molar-refractivity contribution in [2.75, 3.05) is 0 Å². The van der Waals surface area contributed by atoms with Crippen molar-refractivity contribution in [1.29, 1.82) is 0 Å². The van der Waals surface area contributed by atoms with Crippen molar-refractivity contribution in [3.8, 4) is 0 Å². The second-order valence-corrected chi connectivity index (χ2v) is 6.00. The van der Waals surface area contributed by atoms with Crippen molar-refractivity contribution >= 4 is 45.4 Å². The minimum atomic E-state index is -0.794. The van der Waals surface area contributed by atoms with Gasteiger partial charge in [0.2, 0.25) is 0 Å². The van der Waals surface area contributed by atoms with Gasteiger partial charge >= 0.3 is 5.97 Å². The minimum absolute atomic E-state index is 0.288. The van der Waals surface area contributed by atoms with Gasteiger partial charge in [0, 0.05) is 9.73 Å². The normalized spacial score (nSPS) is 32.0. The Hall–Kier alpha value is 0.130. The maximum atomic E-state index is 10.8. The molecule has 2 aliphatic rings. The third-order valence-electron chi connectivity index (χ3n) is 2.10. The zero-order valence-corrected chi connectivity index (χ0v) is 10.0. The second kappa shape index (κ2) is 3.37. The standard InChI is InChI=1S/C8H7BrO2S2/c1-3-5-7(4(9)2-12-5)13-6(3)8(10)11/h2,5,7H,1H3,(H,10,11). The average molecular weight is 279 g/mol. The summed E-state index contributed by atoms with van der Waals surface area (Å²) in [5.41, 5.74) is 0.998. The van der Waals surface area contributed by atoms with E-state index in [1.165, 1.54) is 11.8 Å². The molecule has 0 bridgehead atoms. The SMILES string of the molecule is CC1=C(C(=O)O)SC2C(Br)=CSC12. The van der Waals surface area contributed by atoms with Gasteiger partial charge in [0.25, 0.3) is 0 Å². The summed E-state index contributed by atoms with van der Waals surface area (Å²) in [4.78, 5) is 11.3. The van der Waals surface area contributed by atoms with E-state index in [4.69, 9.17) is 5.11 Å². The fourth-order valence-electron chi connectivity index (χ4n) is 1.44. The van der Waals surface area contributed by atoms with Crippen molar-refractivity contribution in [3.63, 3.8) is 0 Å². The van der Waals surface area contributed by atoms with Gasteiger partial charge in [0.15, 0.2) is 0 Å². The molecule has 0 saturated heterocycles. The predicted octanol–water partition coefficient (Wildman–Crippen LogP) is 2.81. The molecule has 2 nitrogen and oxygen atoms in total. The van der Waals surface area contributed by atoms with Gasteiger partial charge in [-0.1, -0.05) is 15.9 Å². The molecule has 0 aromatic heterocycles. The summed E-state index contributed by atoms with van der Waals surface area (Å²) >= 11 is 6.60. The predicted molar refractivity (Wildman–Crippen MR) is 60.1 cm³/mol. The van der Waals surface area contributed by atoms with Gasteiger partial charge in [-0.25, -0.2) is 4.79 Å². The topological polar surface area (TPSA) is 37.3 Å². The third kappa shape index (κ3) is 1.47. The number of hydrogen-bond acceptors (Lipinski definition) is 3. The van der Waals surface area contributed by atoms with Crippen LogP contribution in [0, 0.1) is 0 Å². The fraction of sp³-hybridized carbons (Fsp3) is 0.375. The third-order valence-corrected chi connectivity index (χ3v) is 6.42. The molecule has 2 atom stereocenters. The number of fused-ring (bicyclic) bond motifs is 1. The molecule has 2 rings (SSSR count). The fourth-order valence-corrected chi connectivity index (χ4v) is 5.21. The lowest BCUT2D eigenvalue weighted by molar-refractivity contribution is -0.131. The maximum Gasteiger partial charge on any atom is 0.342 e. The maximum absolute atomic E-state index is 10.8. The second-order valence-electron chi connectivity index (χ2n) is 2.92. The highest BCUT2D eigenvalue weighted by Gasteiger charge is 2.40. The van der Waals surface area contributed by atoms with Crippen LogP contribution in [-0.4, -0.2) is 21.6 Å². The molecule has 5 heteroatoms. The van der Waals surface area contributed by atoms with Crippen LogP contribution in [0.4, 0.5) is 0 Å². The van der Waals surface area contributed by atoms with Crippen LogP contribution in [0.3, 0.4) is 0 Å². The number of aliphatic carboxylic acids is 1. The summed E-state index contributed by atoms with van der Waals surface area (Å²) in [6.07, 6.45) is 0. The van der Waals surface area contributed by atoms with Crippen molar-refractivity contribution < 1.29 is 9.90 Å². The lowest BCUT2D eigenvalue weighted by Crippen LogP contribution is -2.10. The van der Waals surface area contributed by atoms with Gasteiger partial charge in [0.1, 0.15) is 0 Å². The first-order valence-corrected chi connectivity index (χ1v) is 6.34. The Bertz CT molecular complexity index is 335. The molecule has 1 N–H and O–H groups in total. The Morgan fingerprint density at radius 2 is 2.31 bits per heavy atom. The van der Waals surface area contributed by atoms with Gasteiger partial charge in [-0.2, -0.15) is 0 Å². The van der Waals surface area contributed by atoms with E-state index in [1.807, 2.05) is 6.92 Å². The Morgan fingerprint density at radius 1 is 1.62 bits per heavy atom. The summed E-state index contributed by atoms with van der Waals surface area (Å²) < 4.78 is 1.11. The number of rotatable bonds is 1. The van der Waals surface area contributed by atoms with Crippen molar-refractivity contribution in [2.45, 2.75) is 17.4 Å². The molecule has 0 amide bonds. The molecule has 0 radical (unpaired) electrons. The van der Waals surface area contributed by atoms with Crippen molar-refractivity contribution in [1.82, 2.24) is 0 Å². The van der Waals surface area contributed by atoms with Crippen LogP contribution in [0.2, 0.25) is 0 Å². The highest BCUT2D eigenvalue weighted by molar-refractivity contribution is 9.12. The molecule has 0 aromatic rings. The summed E-state index contributed by atoms with van der Waals surface area (Å²) in [5, 5.41) is 11.6. The van der Waals surface area contributed by atoms with Crippen LogP contribution >= 0.6 is 39.5 Å². The lowest BCUT2D eigenvalue weighted by Gasteiger charge is -2.09. The van der Waals surface area contributed by atoms with Crippen LogP contribution in [0.5, 0.6) is 0 Å². The zero-order chi connectivity index (χ0) is 9.59. The Kier molecular flexibility index (Phi) is 2.51. The summed E-state index contributed by atoms with van der Waals surface area (Å²) in [7, 11) is 0. The Balaban J connectivity index is 2.29. The first-order valence-electron chi connectivity index (χ1n) is 3.73. The van der Waals surface area contributed by atoms with Crippen LogP contribution < -0.4 is 0 Å². The van der Waals surface area contributed by atoms with Crippen molar-refractivity contribution in [3.05, 3.63) is 20.4 Å². The van der Waals surface area contributed by atoms with Crippen LogP contribution in [-0.2, 0) is 4.79 Å². The van der Waals surface area contributed by atoms with Gasteiger partial charge in [-0.05, 0) is 17.9 Å². The van der Waals surface area contributed by atoms with Crippen LogP contribution in [0.1, 0.15) is 6.92 Å². The molecule has 0 spiro atoms. The summed E-state index contributed by atoms with van der Waals surface area (Å²) in [6, 6.07) is 0. The van der Waals surface area contributed by atoms with Crippen LogP contribution in [0.15, 0.2) is 20.4 Å². The Labute approximate surface area is 93.0 Å². The molecule has 2 aliphatic heterocycles. The molecule has 0 aliphatic carbocycles. The molecule has 0 fully saturated rings. The number of halogens is 1. The van der Waals surface area contributed by atoms with Gasteiger partial charge < -0.3 is 5.11 Å². The molecule has 70 valence electrons. The van der Waals surface area contributed by atoms with Crippen LogP contribution in [0.25, 0.3) is 0 Å². The number of carboxylic acids is 1. The number of thioether (sulfide) groups is 2. The zero-order valence-electron chi connectivity index (χ0n) is 6.78. The highest BCUT2D eigenvalue weighted by Crippen LogP contribution is 2.52. The van der Waals surface area contributed by atoms with Gasteiger partial charge in [-0.15, -0.1) is 23.5 Å². The van der Waals surface area contributed by atoms with Gasteiger partial charge in [0.05, 0.1) is 10.2 Å². The molecular formula is C8H7BrO2S2. The van der Waals surface area contributed by atoms with E-state index in [2.05, 4.69) is 21.3 Å². The Morgan fingerprint density at radius 3 is 2.85 bits per heavy atom. The molecule has 2 heterocycles. The van der Waals surface area contributed by atoms with E-state index in [1.54, 1.807) is 11.8 Å². The molecule has 0 aromatic carbocycles. The monoisotopic (exact) mass is 278 g/mol. The van der Waals surface area contributed by atoms with E-state index in [-0.39, 0.29) is 5.25 Å². The largest absolute Gasteiger partial charge is 0.477 e. The average Bonchev–Trinajstić information content (AvgIpc) is 2.55. The van der Waals surface area contributed by atoms with Crippen molar-refractivity contribution in [2.24, 2.45) is 0 Å². The molecular weight excluding hydrogens is 272 g/mol. The highest BCUT2D eigenvalue weighted by atomic mass is 79.9. The first kappa shape index (κ1) is 9.68. The lowest BCUT2D eigenvalue weighted by atomic mass is 10.1. The van der Waals surface area contributed by atoms with Gasteiger partial charge in [-0.3, -0.25) is 0 Å². The summed E-state index contributed by atoms with van der Waals surface area (Å²) in [5.74, 6) is -0.794. The van der Waals surface area contributed by atoms with E-state index in [0.717, 1.165) is 10.1 Å². The molecule has 2 unspecified atom stereocenters. The van der Waals surface area contributed by atoms with E-state index < -0.39 is 5.97 Å². The minimum Gasteiger partial charge on any atom is -0.477 e. The first-order chi connectivity index (χ1) is 6.11. The number of carboxylic acid groups (broad SMARTS) is 1.